The molecule has 0 bridgehead atoms. The minimum Gasteiger partial charge on any atom is -0.419 e. The molecule has 0 fully saturated rings. The van der Waals surface area contributed by atoms with Crippen molar-refractivity contribution in [3.8, 4) is 11.5 Å². The van der Waals surface area contributed by atoms with Crippen molar-refractivity contribution in [1.82, 2.24) is 15.5 Å². The predicted molar refractivity (Wildman–Crippen MR) is 106 cm³/mol. The van der Waals surface area contributed by atoms with Crippen LogP contribution in [0.5, 0.6) is 0 Å². The molecule has 0 saturated heterocycles. The van der Waals surface area contributed by atoms with Gasteiger partial charge in [-0.15, -0.1) is 10.2 Å². The van der Waals surface area contributed by atoms with E-state index in [0.717, 1.165) is 6.42 Å². The summed E-state index contributed by atoms with van der Waals surface area (Å²) >= 11 is 0. The van der Waals surface area contributed by atoms with E-state index in [1.807, 2.05) is 36.4 Å². The minimum absolute atomic E-state index is 0.116. The molecule has 0 radical (unpaired) electrons. The zero-order valence-electron chi connectivity index (χ0n) is 15.3. The molecule has 3 aromatic carbocycles. The molecule has 0 spiro atoms. The highest BCUT2D eigenvalue weighted by Gasteiger charge is 2.14. The van der Waals surface area contributed by atoms with E-state index in [9.17, 15) is 4.39 Å². The molecular weight excluding hydrogens is 353 g/mol. The molecule has 1 heterocycles. The summed E-state index contributed by atoms with van der Waals surface area (Å²) in [5, 5.41) is 11.7. The van der Waals surface area contributed by atoms with Crippen molar-refractivity contribution >= 4 is 0 Å². The van der Waals surface area contributed by atoms with Gasteiger partial charge in [-0.25, -0.2) is 4.39 Å². The third kappa shape index (κ3) is 4.50. The highest BCUT2D eigenvalue weighted by atomic mass is 19.1. The third-order valence-corrected chi connectivity index (χ3v) is 4.54. The number of hydrogen-bond acceptors (Lipinski definition) is 4. The van der Waals surface area contributed by atoms with Crippen molar-refractivity contribution in [2.45, 2.75) is 19.0 Å². The molecule has 4 aromatic rings. The minimum atomic E-state index is -0.295. The van der Waals surface area contributed by atoms with Crippen molar-refractivity contribution in [1.29, 1.82) is 0 Å². The molecule has 5 heteroatoms. The Labute approximate surface area is 163 Å². The molecule has 0 saturated carbocycles. The lowest BCUT2D eigenvalue weighted by Crippen LogP contribution is -2.23. The van der Waals surface area contributed by atoms with E-state index in [-0.39, 0.29) is 11.9 Å². The molecule has 0 aliphatic heterocycles. The molecular formula is C23H20FN3O. The maximum atomic E-state index is 13.1. The second kappa shape index (κ2) is 8.59. The van der Waals surface area contributed by atoms with Gasteiger partial charge in [0.05, 0.1) is 6.54 Å². The summed E-state index contributed by atoms with van der Waals surface area (Å²) in [6, 6.07) is 26.8. The maximum Gasteiger partial charge on any atom is 0.247 e. The normalized spacial score (nSPS) is 12.0. The van der Waals surface area contributed by atoms with Crippen LogP contribution in [-0.4, -0.2) is 10.2 Å². The van der Waals surface area contributed by atoms with Gasteiger partial charge in [-0.3, -0.25) is 0 Å². The van der Waals surface area contributed by atoms with Crippen molar-refractivity contribution in [2.24, 2.45) is 0 Å². The quantitative estimate of drug-likeness (QED) is 0.498. The van der Waals surface area contributed by atoms with Crippen LogP contribution in [0.1, 0.15) is 23.1 Å². The Kier molecular flexibility index (Phi) is 5.54. The van der Waals surface area contributed by atoms with Gasteiger partial charge in [0.2, 0.25) is 11.8 Å². The van der Waals surface area contributed by atoms with E-state index >= 15 is 0 Å². The third-order valence-electron chi connectivity index (χ3n) is 4.54. The fourth-order valence-electron chi connectivity index (χ4n) is 3.09. The van der Waals surface area contributed by atoms with E-state index < -0.39 is 0 Å². The molecule has 0 aliphatic rings. The van der Waals surface area contributed by atoms with Gasteiger partial charge in [-0.1, -0.05) is 60.7 Å². The van der Waals surface area contributed by atoms with Gasteiger partial charge in [0, 0.05) is 11.6 Å². The van der Waals surface area contributed by atoms with Crippen LogP contribution in [0.15, 0.2) is 89.3 Å². The Balaban J connectivity index is 1.48. The molecule has 4 rings (SSSR count). The lowest BCUT2D eigenvalue weighted by Gasteiger charge is -2.18. The smallest absolute Gasteiger partial charge is 0.247 e. The van der Waals surface area contributed by atoms with Gasteiger partial charge in [0.1, 0.15) is 5.82 Å². The summed E-state index contributed by atoms with van der Waals surface area (Å²) in [5.74, 6) is 0.584. The lowest BCUT2D eigenvalue weighted by molar-refractivity contribution is 0.441. The number of benzene rings is 3. The standard InChI is InChI=1S/C23H20FN3O/c24-20-13-11-19(12-14-20)23-27-26-22(28-23)16-25-21(18-9-5-2-6-10-18)15-17-7-3-1-4-8-17/h1-14,21,25H,15-16H2. The van der Waals surface area contributed by atoms with Gasteiger partial charge in [0.15, 0.2) is 0 Å². The van der Waals surface area contributed by atoms with E-state index in [1.54, 1.807) is 12.1 Å². The Morgan fingerprint density at radius 1 is 0.821 bits per heavy atom. The fraction of sp³-hybridized carbons (Fsp3) is 0.130. The first-order valence-electron chi connectivity index (χ1n) is 9.18. The average molecular weight is 373 g/mol. The average Bonchev–Trinajstić information content (AvgIpc) is 3.22. The Morgan fingerprint density at radius 2 is 1.50 bits per heavy atom. The van der Waals surface area contributed by atoms with Crippen LogP contribution in [0.4, 0.5) is 4.39 Å². The van der Waals surface area contributed by atoms with Crippen molar-refractivity contribution in [3.05, 3.63) is 108 Å². The Bertz CT molecular complexity index is 1000. The van der Waals surface area contributed by atoms with Crippen molar-refractivity contribution in [2.75, 3.05) is 0 Å². The molecule has 0 aliphatic carbocycles. The van der Waals surface area contributed by atoms with Gasteiger partial charge in [0.25, 0.3) is 0 Å². The van der Waals surface area contributed by atoms with E-state index in [2.05, 4.69) is 39.8 Å². The predicted octanol–water partition coefficient (Wildman–Crippen LogP) is 4.95. The second-order valence-corrected chi connectivity index (χ2v) is 6.54. The van der Waals surface area contributed by atoms with E-state index in [4.69, 9.17) is 4.42 Å². The first kappa shape index (κ1) is 18.1. The first-order chi connectivity index (χ1) is 13.8. The molecule has 1 aromatic heterocycles. The monoisotopic (exact) mass is 373 g/mol. The Morgan fingerprint density at radius 3 is 2.21 bits per heavy atom. The summed E-state index contributed by atoms with van der Waals surface area (Å²) < 4.78 is 18.8. The summed E-state index contributed by atoms with van der Waals surface area (Å²) in [6.07, 6.45) is 0.851. The lowest BCUT2D eigenvalue weighted by atomic mass is 9.99. The summed E-state index contributed by atoms with van der Waals surface area (Å²) in [7, 11) is 0. The van der Waals surface area contributed by atoms with Crippen LogP contribution in [0, 0.1) is 5.82 Å². The number of halogens is 1. The van der Waals surface area contributed by atoms with Gasteiger partial charge in [-0.05, 0) is 41.8 Å². The number of aromatic nitrogens is 2. The molecule has 140 valence electrons. The zero-order chi connectivity index (χ0) is 19.2. The second-order valence-electron chi connectivity index (χ2n) is 6.54. The largest absolute Gasteiger partial charge is 0.419 e. The topological polar surface area (TPSA) is 51.0 Å². The van der Waals surface area contributed by atoms with Gasteiger partial charge >= 0.3 is 0 Å². The van der Waals surface area contributed by atoms with Gasteiger partial charge < -0.3 is 9.73 Å². The molecule has 4 nitrogen and oxygen atoms in total. The van der Waals surface area contributed by atoms with E-state index in [1.165, 1.54) is 23.3 Å². The molecule has 28 heavy (non-hydrogen) atoms. The fourth-order valence-corrected chi connectivity index (χ4v) is 3.09. The number of nitrogens with zero attached hydrogens (tertiary/aromatic N) is 2. The van der Waals surface area contributed by atoms with Crippen LogP contribution in [-0.2, 0) is 13.0 Å². The van der Waals surface area contributed by atoms with Crippen LogP contribution >= 0.6 is 0 Å². The highest BCUT2D eigenvalue weighted by Crippen LogP contribution is 2.21. The number of nitrogens with one attached hydrogen (secondary N) is 1. The van der Waals surface area contributed by atoms with Crippen LogP contribution < -0.4 is 5.32 Å². The zero-order valence-corrected chi connectivity index (χ0v) is 15.3. The Hall–Kier alpha value is -3.31. The van der Waals surface area contributed by atoms with Crippen LogP contribution in [0.3, 0.4) is 0 Å². The summed E-state index contributed by atoms with van der Waals surface area (Å²) in [5.41, 5.74) is 3.15. The SMILES string of the molecule is Fc1ccc(-c2nnc(CNC(Cc3ccccc3)c3ccccc3)o2)cc1. The number of rotatable bonds is 7. The summed E-state index contributed by atoms with van der Waals surface area (Å²) in [4.78, 5) is 0. The molecule has 1 atom stereocenters. The number of hydrogen-bond donors (Lipinski definition) is 1. The van der Waals surface area contributed by atoms with E-state index in [0.29, 0.717) is 23.9 Å². The molecule has 1 N–H and O–H groups in total. The highest BCUT2D eigenvalue weighted by molar-refractivity contribution is 5.51. The first-order valence-corrected chi connectivity index (χ1v) is 9.18. The molecule has 0 amide bonds. The van der Waals surface area contributed by atoms with Crippen molar-refractivity contribution < 1.29 is 8.81 Å². The van der Waals surface area contributed by atoms with Gasteiger partial charge in [-0.2, -0.15) is 0 Å². The van der Waals surface area contributed by atoms with Crippen molar-refractivity contribution in [3.63, 3.8) is 0 Å². The van der Waals surface area contributed by atoms with Crippen LogP contribution in [0.25, 0.3) is 11.5 Å². The van der Waals surface area contributed by atoms with Crippen LogP contribution in [0.2, 0.25) is 0 Å². The molecule has 1 unspecified atom stereocenters. The maximum absolute atomic E-state index is 13.1. The summed E-state index contributed by atoms with van der Waals surface area (Å²) in [6.45, 7) is 0.445.